The third-order valence-corrected chi connectivity index (χ3v) is 6.86. The minimum Gasteiger partial charge on any atom is -0.356 e. The minimum atomic E-state index is -2.86. The molecule has 1 unspecified atom stereocenters. The van der Waals surface area contributed by atoms with Gasteiger partial charge in [-0.05, 0) is 48.8 Å². The van der Waals surface area contributed by atoms with Gasteiger partial charge in [-0.25, -0.2) is 8.42 Å². The lowest BCUT2D eigenvalue weighted by Gasteiger charge is -2.22. The molecule has 1 atom stereocenters. The molecule has 2 fully saturated rings. The third kappa shape index (κ3) is 3.46. The van der Waals surface area contributed by atoms with Crippen molar-refractivity contribution in [2.45, 2.75) is 25.7 Å². The van der Waals surface area contributed by atoms with Crippen molar-refractivity contribution >= 4 is 27.3 Å². The number of nitrogens with one attached hydrogen (secondary N) is 1. The van der Waals surface area contributed by atoms with Crippen LogP contribution in [-0.4, -0.2) is 32.4 Å². The Hall–Kier alpha value is -1.07. The van der Waals surface area contributed by atoms with Crippen LogP contribution >= 0.6 is 11.6 Å². The molecule has 1 aliphatic carbocycles. The van der Waals surface area contributed by atoms with Gasteiger partial charge in [0.1, 0.15) is 9.84 Å². The van der Waals surface area contributed by atoms with E-state index in [2.05, 4.69) is 5.32 Å². The highest BCUT2D eigenvalue weighted by molar-refractivity contribution is 7.91. The summed E-state index contributed by atoms with van der Waals surface area (Å²) < 4.78 is 23.0. The number of carbonyl (C=O) groups excluding carboxylic acids is 1. The van der Waals surface area contributed by atoms with Crippen LogP contribution in [0.15, 0.2) is 24.3 Å². The Balaban J connectivity index is 1.45. The topological polar surface area (TPSA) is 63.2 Å². The summed E-state index contributed by atoms with van der Waals surface area (Å²) in [6.07, 6.45) is 2.90. The fourth-order valence-corrected chi connectivity index (χ4v) is 5.09. The molecule has 1 saturated carbocycles. The first-order valence-corrected chi connectivity index (χ1v) is 9.83. The van der Waals surface area contributed by atoms with E-state index in [1.54, 1.807) is 0 Å². The van der Waals surface area contributed by atoms with Crippen molar-refractivity contribution in [3.63, 3.8) is 0 Å². The second kappa shape index (κ2) is 5.85. The van der Waals surface area contributed by atoms with E-state index in [0.29, 0.717) is 24.4 Å². The Morgan fingerprint density at radius 1 is 1.23 bits per heavy atom. The second-order valence-corrected chi connectivity index (χ2v) is 9.18. The molecule has 2 aliphatic rings. The summed E-state index contributed by atoms with van der Waals surface area (Å²) in [5.41, 5.74) is 1.11. The lowest BCUT2D eigenvalue weighted by molar-refractivity contribution is -0.123. The lowest BCUT2D eigenvalue weighted by Crippen LogP contribution is -2.32. The molecule has 1 aromatic rings. The van der Waals surface area contributed by atoms with Crippen LogP contribution in [0.25, 0.3) is 0 Å². The van der Waals surface area contributed by atoms with Crippen molar-refractivity contribution in [2.24, 2.45) is 11.3 Å². The van der Waals surface area contributed by atoms with Crippen molar-refractivity contribution in [3.05, 3.63) is 34.9 Å². The zero-order valence-electron chi connectivity index (χ0n) is 12.3. The first-order valence-electron chi connectivity index (χ1n) is 7.63. The summed E-state index contributed by atoms with van der Waals surface area (Å²) in [4.78, 5) is 12.2. The predicted molar refractivity (Wildman–Crippen MR) is 86.6 cm³/mol. The molecular formula is C16H20ClNO3S. The molecule has 6 heteroatoms. The van der Waals surface area contributed by atoms with Crippen LogP contribution in [0.2, 0.25) is 5.02 Å². The molecule has 1 aromatic carbocycles. The first kappa shape index (κ1) is 15.8. The Kier molecular flexibility index (Phi) is 4.21. The van der Waals surface area contributed by atoms with Gasteiger partial charge in [-0.15, -0.1) is 0 Å². The highest BCUT2D eigenvalue weighted by Gasteiger charge is 2.59. The number of hydrogen-bond donors (Lipinski definition) is 1. The fraction of sp³-hybridized carbons (Fsp3) is 0.562. The van der Waals surface area contributed by atoms with Gasteiger partial charge in [0.05, 0.1) is 11.5 Å². The van der Waals surface area contributed by atoms with E-state index < -0.39 is 9.84 Å². The lowest BCUT2D eigenvalue weighted by atomic mass is 9.96. The Morgan fingerprint density at radius 2 is 1.86 bits per heavy atom. The van der Waals surface area contributed by atoms with Crippen molar-refractivity contribution in [2.75, 3.05) is 18.1 Å². The summed E-state index contributed by atoms with van der Waals surface area (Å²) in [7, 11) is -2.86. The molecule has 0 bridgehead atoms. The Labute approximate surface area is 136 Å². The predicted octanol–water partition coefficient (Wildman–Crippen LogP) is 2.21. The largest absolute Gasteiger partial charge is 0.356 e. The van der Waals surface area contributed by atoms with E-state index in [1.165, 1.54) is 0 Å². The number of benzene rings is 1. The van der Waals surface area contributed by atoms with Gasteiger partial charge in [0, 0.05) is 17.5 Å². The van der Waals surface area contributed by atoms with Crippen LogP contribution in [0, 0.1) is 11.3 Å². The Bertz CT molecular complexity index is 655. The number of hydrogen-bond acceptors (Lipinski definition) is 3. The first-order chi connectivity index (χ1) is 10.4. The van der Waals surface area contributed by atoms with E-state index in [1.807, 2.05) is 24.3 Å². The van der Waals surface area contributed by atoms with Gasteiger partial charge < -0.3 is 5.32 Å². The quantitative estimate of drug-likeness (QED) is 0.913. The molecule has 1 aliphatic heterocycles. The second-order valence-electron chi connectivity index (χ2n) is 6.44. The summed E-state index contributed by atoms with van der Waals surface area (Å²) in [5, 5.41) is 3.69. The van der Waals surface area contributed by atoms with Gasteiger partial charge in [0.15, 0.2) is 0 Å². The molecule has 1 saturated heterocycles. The molecule has 1 amide bonds. The number of rotatable bonds is 4. The molecule has 1 heterocycles. The molecule has 22 heavy (non-hydrogen) atoms. The number of amides is 1. The van der Waals surface area contributed by atoms with Crippen LogP contribution < -0.4 is 5.32 Å². The van der Waals surface area contributed by atoms with Crippen LogP contribution in [-0.2, 0) is 21.1 Å². The molecule has 3 rings (SSSR count). The molecule has 0 aromatic heterocycles. The van der Waals surface area contributed by atoms with Gasteiger partial charge in [-0.2, -0.15) is 0 Å². The maximum atomic E-state index is 12.2. The number of carbonyl (C=O) groups is 1. The normalized spacial score (nSPS) is 24.9. The maximum Gasteiger partial charge on any atom is 0.223 e. The summed E-state index contributed by atoms with van der Waals surface area (Å²) in [6, 6.07) is 7.60. The van der Waals surface area contributed by atoms with Crippen molar-refractivity contribution < 1.29 is 13.2 Å². The van der Waals surface area contributed by atoms with Gasteiger partial charge in [0.2, 0.25) is 5.91 Å². The average molecular weight is 342 g/mol. The molecule has 4 nitrogen and oxygen atoms in total. The molecule has 1 spiro atoms. The monoisotopic (exact) mass is 341 g/mol. The van der Waals surface area contributed by atoms with Gasteiger partial charge >= 0.3 is 0 Å². The molecule has 120 valence electrons. The zero-order chi connectivity index (χ0) is 15.8. The van der Waals surface area contributed by atoms with E-state index >= 15 is 0 Å². The highest BCUT2D eigenvalue weighted by atomic mass is 35.5. The van der Waals surface area contributed by atoms with E-state index in [0.717, 1.165) is 18.4 Å². The van der Waals surface area contributed by atoms with Gasteiger partial charge in [-0.1, -0.05) is 23.7 Å². The van der Waals surface area contributed by atoms with E-state index in [9.17, 15) is 13.2 Å². The Morgan fingerprint density at radius 3 is 2.50 bits per heavy atom. The van der Waals surface area contributed by atoms with Crippen LogP contribution in [0.5, 0.6) is 0 Å². The summed E-state index contributed by atoms with van der Waals surface area (Å²) >= 11 is 5.84. The average Bonchev–Trinajstić information content (AvgIpc) is 3.20. The SMILES string of the molecule is O=C(NCCc1ccc(Cl)cc1)C1CC12CCS(=O)(=O)CC2. The standard InChI is InChI=1S/C16H20ClNO3S/c17-13-3-1-12(2-4-13)5-8-18-15(19)14-11-16(14)6-9-22(20,21)10-7-16/h1-4,14H,5-11H2,(H,18,19). The van der Waals surface area contributed by atoms with Crippen molar-refractivity contribution in [3.8, 4) is 0 Å². The molecule has 1 N–H and O–H groups in total. The van der Waals surface area contributed by atoms with Crippen molar-refractivity contribution in [1.29, 1.82) is 0 Å². The van der Waals surface area contributed by atoms with Gasteiger partial charge in [0.25, 0.3) is 0 Å². The van der Waals surface area contributed by atoms with Gasteiger partial charge in [-0.3, -0.25) is 4.79 Å². The van der Waals surface area contributed by atoms with Crippen LogP contribution in [0.1, 0.15) is 24.8 Å². The minimum absolute atomic E-state index is 0.00761. The maximum absolute atomic E-state index is 12.2. The summed E-state index contributed by atoms with van der Waals surface area (Å²) in [5.74, 6) is 0.560. The number of halogens is 1. The number of sulfone groups is 1. The third-order valence-electron chi connectivity index (χ3n) is 4.95. The van der Waals surface area contributed by atoms with Crippen LogP contribution in [0.3, 0.4) is 0 Å². The smallest absolute Gasteiger partial charge is 0.223 e. The zero-order valence-corrected chi connectivity index (χ0v) is 13.9. The molecule has 0 radical (unpaired) electrons. The summed E-state index contributed by atoms with van der Waals surface area (Å²) in [6.45, 7) is 0.603. The van der Waals surface area contributed by atoms with Crippen LogP contribution in [0.4, 0.5) is 0 Å². The van der Waals surface area contributed by atoms with E-state index in [-0.39, 0.29) is 28.7 Å². The highest BCUT2D eigenvalue weighted by Crippen LogP contribution is 2.59. The molecular weight excluding hydrogens is 322 g/mol. The van der Waals surface area contributed by atoms with E-state index in [4.69, 9.17) is 11.6 Å². The fourth-order valence-electron chi connectivity index (χ4n) is 3.32. The van der Waals surface area contributed by atoms with Crippen molar-refractivity contribution in [1.82, 2.24) is 5.32 Å².